The Morgan fingerprint density at radius 3 is 2.75 bits per heavy atom. The van der Waals surface area contributed by atoms with Crippen molar-refractivity contribution in [2.24, 2.45) is 0 Å². The molecule has 6 nitrogen and oxygen atoms in total. The third-order valence-corrected chi connectivity index (χ3v) is 6.25. The van der Waals surface area contributed by atoms with Crippen molar-refractivity contribution in [3.63, 3.8) is 0 Å². The fourth-order valence-corrected chi connectivity index (χ4v) is 4.44. The monoisotopic (exact) mass is 446 g/mol. The fourth-order valence-electron chi connectivity index (χ4n) is 3.64. The number of nitrogens with one attached hydrogen (secondary N) is 2. The number of aryl methyl sites for hydroxylation is 1. The molecule has 0 bridgehead atoms. The van der Waals surface area contributed by atoms with Crippen molar-refractivity contribution in [2.75, 3.05) is 11.1 Å². The molecule has 0 aliphatic rings. The number of amides is 1. The number of aromatic amines is 1. The highest BCUT2D eigenvalue weighted by molar-refractivity contribution is 7.99. The van der Waals surface area contributed by atoms with E-state index in [1.54, 1.807) is 10.6 Å². The number of hydrogen-bond donors (Lipinski definition) is 2. The predicted octanol–water partition coefficient (Wildman–Crippen LogP) is 5.14. The van der Waals surface area contributed by atoms with Crippen LogP contribution >= 0.6 is 11.8 Å². The van der Waals surface area contributed by atoms with Crippen LogP contribution in [0.5, 0.6) is 0 Å². The van der Waals surface area contributed by atoms with Gasteiger partial charge >= 0.3 is 0 Å². The molecule has 0 aliphatic heterocycles. The molecule has 4 aromatic rings. The third kappa shape index (κ3) is 4.62. The summed E-state index contributed by atoms with van der Waals surface area (Å²) in [6.07, 6.45) is 5.01. The summed E-state index contributed by atoms with van der Waals surface area (Å²) in [7, 11) is 0. The maximum atomic E-state index is 13.1. The van der Waals surface area contributed by atoms with Gasteiger partial charge in [0.1, 0.15) is 11.0 Å². The number of H-pyrrole nitrogens is 1. The number of carbonyl (C=O) groups excluding carboxylic acids is 1. The van der Waals surface area contributed by atoms with Gasteiger partial charge in [0.2, 0.25) is 5.91 Å². The topological polar surface area (TPSA) is 79.8 Å². The number of allylic oxidation sites excluding steroid dienone is 1. The number of rotatable bonds is 9. The van der Waals surface area contributed by atoms with Crippen molar-refractivity contribution in [1.82, 2.24) is 14.5 Å². The first-order valence-electron chi connectivity index (χ1n) is 10.7. The quantitative estimate of drug-likeness (QED) is 0.212. The van der Waals surface area contributed by atoms with Gasteiger partial charge in [0.25, 0.3) is 5.56 Å². The molecule has 0 spiro atoms. The molecule has 0 fully saturated rings. The van der Waals surface area contributed by atoms with E-state index in [1.165, 1.54) is 17.3 Å². The lowest BCUT2D eigenvalue weighted by Gasteiger charge is -2.10. The van der Waals surface area contributed by atoms with E-state index < -0.39 is 0 Å². The molecular formula is C25H26N4O2S. The summed E-state index contributed by atoms with van der Waals surface area (Å²) in [6.45, 7) is 6.24. The van der Waals surface area contributed by atoms with Gasteiger partial charge in [-0.3, -0.25) is 14.2 Å². The summed E-state index contributed by atoms with van der Waals surface area (Å²) in [5.41, 5.74) is 3.81. The molecule has 4 rings (SSSR count). The molecule has 0 saturated carbocycles. The molecule has 0 unspecified atom stereocenters. The SMILES string of the molecule is C=CCn1c(SCC(=O)Nc2ccc(CCCC)cc2)nc2c([nH]c3ccccc32)c1=O. The number of hydrogen-bond acceptors (Lipinski definition) is 4. The van der Waals surface area contributed by atoms with Gasteiger partial charge in [0.05, 0.1) is 5.75 Å². The molecular weight excluding hydrogens is 420 g/mol. The molecule has 7 heteroatoms. The molecule has 1 amide bonds. The van der Waals surface area contributed by atoms with E-state index in [0.29, 0.717) is 22.7 Å². The van der Waals surface area contributed by atoms with E-state index in [9.17, 15) is 9.59 Å². The number of benzene rings is 2. The average Bonchev–Trinajstić information content (AvgIpc) is 3.18. The summed E-state index contributed by atoms with van der Waals surface area (Å²) in [4.78, 5) is 33.5. The second-order valence-corrected chi connectivity index (χ2v) is 8.57. The van der Waals surface area contributed by atoms with Crippen molar-refractivity contribution in [3.8, 4) is 0 Å². The minimum Gasteiger partial charge on any atom is -0.349 e. The zero-order valence-electron chi connectivity index (χ0n) is 18.1. The van der Waals surface area contributed by atoms with Gasteiger partial charge in [-0.15, -0.1) is 6.58 Å². The standard InChI is InChI=1S/C25H26N4O2S/c1-3-5-8-17-11-13-18(14-12-17)26-21(30)16-32-25-28-22-19-9-6-7-10-20(19)27-23(22)24(31)29(25)15-4-2/h4,6-7,9-14,27H,2-3,5,8,15-16H2,1H3,(H,26,30). The lowest BCUT2D eigenvalue weighted by Crippen LogP contribution is -2.23. The molecule has 0 radical (unpaired) electrons. The van der Waals surface area contributed by atoms with Crippen molar-refractivity contribution < 1.29 is 4.79 Å². The van der Waals surface area contributed by atoms with Crippen molar-refractivity contribution >= 4 is 45.3 Å². The van der Waals surface area contributed by atoms with Crippen molar-refractivity contribution in [2.45, 2.75) is 37.9 Å². The van der Waals surface area contributed by atoms with Crippen LogP contribution in [0.3, 0.4) is 0 Å². The molecule has 32 heavy (non-hydrogen) atoms. The summed E-state index contributed by atoms with van der Waals surface area (Å²) in [5.74, 6) is 0.00408. The van der Waals surface area contributed by atoms with Crippen LogP contribution < -0.4 is 10.9 Å². The maximum absolute atomic E-state index is 13.1. The smallest absolute Gasteiger partial charge is 0.278 e. The minimum atomic E-state index is -0.170. The number of thioether (sulfide) groups is 1. The largest absolute Gasteiger partial charge is 0.349 e. The normalized spacial score (nSPS) is 11.2. The highest BCUT2D eigenvalue weighted by atomic mass is 32.2. The first kappa shape index (κ1) is 21.9. The van der Waals surface area contributed by atoms with E-state index in [4.69, 9.17) is 4.98 Å². The van der Waals surface area contributed by atoms with Crippen LogP contribution in [0.25, 0.3) is 21.9 Å². The third-order valence-electron chi connectivity index (χ3n) is 5.28. The van der Waals surface area contributed by atoms with E-state index in [1.807, 2.05) is 48.5 Å². The number of anilines is 1. The Bertz CT molecular complexity index is 1320. The van der Waals surface area contributed by atoms with E-state index in [-0.39, 0.29) is 17.2 Å². The molecule has 0 aliphatic carbocycles. The van der Waals surface area contributed by atoms with Gasteiger partial charge in [-0.1, -0.05) is 61.5 Å². The number of para-hydroxylation sites is 1. The summed E-state index contributed by atoms with van der Waals surface area (Å²) >= 11 is 1.25. The van der Waals surface area contributed by atoms with Crippen LogP contribution in [0.2, 0.25) is 0 Å². The molecule has 2 aromatic heterocycles. The lowest BCUT2D eigenvalue weighted by molar-refractivity contribution is -0.113. The number of fused-ring (bicyclic) bond motifs is 3. The van der Waals surface area contributed by atoms with Crippen LogP contribution in [0.15, 0.2) is 71.1 Å². The zero-order valence-corrected chi connectivity index (χ0v) is 18.9. The maximum Gasteiger partial charge on any atom is 0.278 e. The van der Waals surface area contributed by atoms with Crippen LogP contribution in [-0.4, -0.2) is 26.2 Å². The number of aromatic nitrogens is 3. The summed E-state index contributed by atoms with van der Waals surface area (Å²) in [6, 6.07) is 15.6. The molecule has 0 atom stereocenters. The van der Waals surface area contributed by atoms with Gasteiger partial charge in [-0.2, -0.15) is 0 Å². The lowest BCUT2D eigenvalue weighted by atomic mass is 10.1. The second-order valence-electron chi connectivity index (χ2n) is 7.63. The van der Waals surface area contributed by atoms with Crippen LogP contribution in [-0.2, 0) is 17.8 Å². The summed E-state index contributed by atoms with van der Waals surface area (Å²) < 4.78 is 1.55. The number of unbranched alkanes of at least 4 members (excludes halogenated alkanes) is 1. The Morgan fingerprint density at radius 1 is 1.22 bits per heavy atom. The Morgan fingerprint density at radius 2 is 2.00 bits per heavy atom. The Hall–Kier alpha value is -3.32. The second kappa shape index (κ2) is 9.87. The van der Waals surface area contributed by atoms with Crippen LogP contribution in [0, 0.1) is 0 Å². The number of nitrogens with zero attached hydrogens (tertiary/aromatic N) is 2. The first-order chi connectivity index (χ1) is 15.6. The van der Waals surface area contributed by atoms with Gasteiger partial charge in [0, 0.05) is 23.1 Å². The van der Waals surface area contributed by atoms with Gasteiger partial charge < -0.3 is 10.3 Å². The highest BCUT2D eigenvalue weighted by Crippen LogP contribution is 2.25. The highest BCUT2D eigenvalue weighted by Gasteiger charge is 2.16. The van der Waals surface area contributed by atoms with Crippen molar-refractivity contribution in [3.05, 3.63) is 77.1 Å². The Labute approximate surface area is 190 Å². The Kier molecular flexibility index (Phi) is 6.75. The van der Waals surface area contributed by atoms with Crippen molar-refractivity contribution in [1.29, 1.82) is 0 Å². The Balaban J connectivity index is 1.53. The van der Waals surface area contributed by atoms with Crippen LogP contribution in [0.4, 0.5) is 5.69 Å². The molecule has 2 N–H and O–H groups in total. The van der Waals surface area contributed by atoms with Gasteiger partial charge in [-0.05, 0) is 36.6 Å². The van der Waals surface area contributed by atoms with Crippen LogP contribution in [0.1, 0.15) is 25.3 Å². The van der Waals surface area contributed by atoms with Gasteiger partial charge in [0.15, 0.2) is 5.16 Å². The number of carbonyl (C=O) groups is 1. The van der Waals surface area contributed by atoms with E-state index >= 15 is 0 Å². The first-order valence-corrected chi connectivity index (χ1v) is 11.7. The molecule has 2 heterocycles. The fraction of sp³-hybridized carbons (Fsp3) is 0.240. The molecule has 0 saturated heterocycles. The predicted molar refractivity (Wildman–Crippen MR) is 132 cm³/mol. The van der Waals surface area contributed by atoms with E-state index in [2.05, 4.69) is 23.8 Å². The van der Waals surface area contributed by atoms with E-state index in [0.717, 1.165) is 35.9 Å². The molecule has 2 aromatic carbocycles. The van der Waals surface area contributed by atoms with Gasteiger partial charge in [-0.25, -0.2) is 4.98 Å². The summed E-state index contributed by atoms with van der Waals surface area (Å²) in [5, 5.41) is 4.31. The average molecular weight is 447 g/mol. The zero-order chi connectivity index (χ0) is 22.5. The minimum absolute atomic E-state index is 0.144. The molecule has 164 valence electrons.